The molecule has 0 unspecified atom stereocenters. The predicted molar refractivity (Wildman–Crippen MR) is 89.9 cm³/mol. The Hall–Kier alpha value is -2.29. The average Bonchev–Trinajstić information content (AvgIpc) is 3.26. The molecular weight excluding hydrogens is 334 g/mol. The van der Waals surface area contributed by atoms with Crippen molar-refractivity contribution in [2.75, 3.05) is 23.9 Å². The highest BCUT2D eigenvalue weighted by atomic mass is 32.2. The zero-order valence-corrected chi connectivity index (χ0v) is 14.3. The molecule has 1 aliphatic rings. The van der Waals surface area contributed by atoms with E-state index < -0.39 is 15.6 Å². The number of nitrogens with zero attached hydrogens (tertiary/aromatic N) is 2. The van der Waals surface area contributed by atoms with E-state index in [1.165, 1.54) is 4.57 Å². The molecule has 0 radical (unpaired) electrons. The molecule has 0 bridgehead atoms. The number of rotatable bonds is 5. The van der Waals surface area contributed by atoms with E-state index in [0.717, 1.165) is 19.1 Å². The summed E-state index contributed by atoms with van der Waals surface area (Å²) < 4.78 is 29.2. The van der Waals surface area contributed by atoms with Crippen molar-refractivity contribution in [3.8, 4) is 0 Å². The molecule has 2 amide bonds. The van der Waals surface area contributed by atoms with Gasteiger partial charge in [0.05, 0.1) is 11.3 Å². The molecule has 2 aromatic rings. The topological polar surface area (TPSA) is 102 Å². The minimum atomic E-state index is -3.14. The summed E-state index contributed by atoms with van der Waals surface area (Å²) in [7, 11) is -1.53. The van der Waals surface area contributed by atoms with E-state index in [0.29, 0.717) is 16.8 Å². The Balaban J connectivity index is 1.76. The van der Waals surface area contributed by atoms with Crippen LogP contribution < -0.4 is 11.1 Å². The van der Waals surface area contributed by atoms with E-state index in [2.05, 4.69) is 5.32 Å². The van der Waals surface area contributed by atoms with E-state index in [-0.39, 0.29) is 24.4 Å². The summed E-state index contributed by atoms with van der Waals surface area (Å²) >= 11 is 0. The predicted octanol–water partition coefficient (Wildman–Crippen LogP) is 1.17. The fourth-order valence-corrected chi connectivity index (χ4v) is 3.04. The summed E-state index contributed by atoms with van der Waals surface area (Å²) in [6, 6.07) is 4.69. The van der Waals surface area contributed by atoms with Crippen LogP contribution >= 0.6 is 0 Å². The molecular formula is C15H19N3O5S. The van der Waals surface area contributed by atoms with Crippen molar-refractivity contribution in [2.45, 2.75) is 18.9 Å². The largest absolute Gasteiger partial charge is 0.419 e. The third-order valence-corrected chi connectivity index (χ3v) is 4.92. The van der Waals surface area contributed by atoms with Gasteiger partial charge < -0.3 is 14.6 Å². The van der Waals surface area contributed by atoms with E-state index in [1.807, 2.05) is 0 Å². The van der Waals surface area contributed by atoms with Crippen LogP contribution in [-0.2, 0) is 16.9 Å². The van der Waals surface area contributed by atoms with Crippen LogP contribution in [0.25, 0.3) is 11.1 Å². The number of hydrogen-bond donors (Lipinski definition) is 1. The van der Waals surface area contributed by atoms with Crippen molar-refractivity contribution < 1.29 is 17.6 Å². The first kappa shape index (κ1) is 16.6. The highest BCUT2D eigenvalue weighted by molar-refractivity contribution is 7.90. The molecule has 24 heavy (non-hydrogen) atoms. The number of carbonyl (C=O) groups excluding carboxylic acids is 1. The van der Waals surface area contributed by atoms with Gasteiger partial charge in [-0.2, -0.15) is 0 Å². The van der Waals surface area contributed by atoms with Crippen LogP contribution in [0.2, 0.25) is 0 Å². The summed E-state index contributed by atoms with van der Waals surface area (Å²) in [6.45, 7) is 0.165. The Kier molecular flexibility index (Phi) is 4.12. The summed E-state index contributed by atoms with van der Waals surface area (Å²) in [6.07, 6.45) is 2.91. The van der Waals surface area contributed by atoms with Crippen LogP contribution in [0.4, 0.5) is 10.5 Å². The molecule has 0 aliphatic heterocycles. The number of hydrogen-bond acceptors (Lipinski definition) is 5. The normalized spacial score (nSPS) is 14.8. The van der Waals surface area contributed by atoms with E-state index >= 15 is 0 Å². The van der Waals surface area contributed by atoms with Gasteiger partial charge in [0, 0.05) is 37.6 Å². The summed E-state index contributed by atoms with van der Waals surface area (Å²) in [5.41, 5.74) is 1.51. The zero-order chi connectivity index (χ0) is 17.5. The number of benzene rings is 1. The van der Waals surface area contributed by atoms with Crippen LogP contribution in [0, 0.1) is 0 Å². The van der Waals surface area contributed by atoms with Crippen LogP contribution in [0.1, 0.15) is 12.8 Å². The van der Waals surface area contributed by atoms with Gasteiger partial charge in [-0.3, -0.25) is 4.57 Å². The van der Waals surface area contributed by atoms with Crippen molar-refractivity contribution in [1.29, 1.82) is 0 Å². The smallest absolute Gasteiger partial charge is 0.408 e. The van der Waals surface area contributed by atoms with Crippen molar-refractivity contribution in [1.82, 2.24) is 9.47 Å². The lowest BCUT2D eigenvalue weighted by molar-refractivity contribution is 0.212. The Morgan fingerprint density at radius 2 is 2.12 bits per heavy atom. The minimum absolute atomic E-state index is 0.0660. The lowest BCUT2D eigenvalue weighted by atomic mass is 10.3. The van der Waals surface area contributed by atoms with Crippen LogP contribution in [0.15, 0.2) is 27.4 Å². The highest BCUT2D eigenvalue weighted by Gasteiger charge is 2.33. The zero-order valence-electron chi connectivity index (χ0n) is 13.5. The lowest BCUT2D eigenvalue weighted by Gasteiger charge is -2.22. The molecule has 1 heterocycles. The summed E-state index contributed by atoms with van der Waals surface area (Å²) in [4.78, 5) is 25.5. The van der Waals surface area contributed by atoms with Crippen LogP contribution in [-0.4, -0.2) is 48.5 Å². The molecule has 0 saturated heterocycles. The Bertz CT molecular complexity index is 940. The number of nitrogens with one attached hydrogen (secondary N) is 1. The lowest BCUT2D eigenvalue weighted by Crippen LogP contribution is -2.39. The van der Waals surface area contributed by atoms with Gasteiger partial charge in [-0.1, -0.05) is 0 Å². The molecule has 1 aliphatic carbocycles. The Morgan fingerprint density at radius 1 is 1.42 bits per heavy atom. The maximum atomic E-state index is 12.4. The second-order valence-corrected chi connectivity index (χ2v) is 8.35. The van der Waals surface area contributed by atoms with Gasteiger partial charge in [0.1, 0.15) is 9.84 Å². The first-order valence-corrected chi connectivity index (χ1v) is 9.65. The number of anilines is 1. The number of aromatic nitrogens is 1. The van der Waals surface area contributed by atoms with Gasteiger partial charge in [-0.05, 0) is 25.0 Å². The quantitative estimate of drug-likeness (QED) is 0.869. The monoisotopic (exact) mass is 353 g/mol. The van der Waals surface area contributed by atoms with Crippen molar-refractivity contribution in [2.24, 2.45) is 7.05 Å². The number of oxazole rings is 1. The standard InChI is InChI=1S/C15H19N3O5S/c1-17-12-6-3-10(9-13(12)23-15(17)20)16-14(19)18(11-4-5-11)7-8-24(2,21)22/h3,6,9,11H,4-5,7-8H2,1-2H3,(H,16,19). The molecule has 1 aromatic carbocycles. The van der Waals surface area contributed by atoms with Gasteiger partial charge >= 0.3 is 11.8 Å². The molecule has 8 nitrogen and oxygen atoms in total. The van der Waals surface area contributed by atoms with E-state index in [4.69, 9.17) is 4.42 Å². The molecule has 1 saturated carbocycles. The van der Waals surface area contributed by atoms with Gasteiger partial charge in [0.2, 0.25) is 0 Å². The molecule has 1 N–H and O–H groups in total. The maximum Gasteiger partial charge on any atom is 0.419 e. The summed E-state index contributed by atoms with van der Waals surface area (Å²) in [5, 5.41) is 2.74. The molecule has 1 aromatic heterocycles. The van der Waals surface area contributed by atoms with E-state index in [9.17, 15) is 18.0 Å². The first-order valence-electron chi connectivity index (χ1n) is 7.59. The maximum absolute atomic E-state index is 12.4. The molecule has 130 valence electrons. The number of carbonyl (C=O) groups is 1. The Morgan fingerprint density at radius 3 is 2.75 bits per heavy atom. The molecule has 3 rings (SSSR count). The minimum Gasteiger partial charge on any atom is -0.408 e. The third kappa shape index (κ3) is 3.61. The van der Waals surface area contributed by atoms with Gasteiger partial charge in [-0.15, -0.1) is 0 Å². The fourth-order valence-electron chi connectivity index (χ4n) is 2.51. The summed E-state index contributed by atoms with van der Waals surface area (Å²) in [5.74, 6) is -0.537. The average molecular weight is 353 g/mol. The van der Waals surface area contributed by atoms with Crippen molar-refractivity contribution >= 4 is 32.7 Å². The molecule has 0 spiro atoms. The fraction of sp³-hybridized carbons (Fsp3) is 0.467. The molecule has 0 atom stereocenters. The number of aryl methyl sites for hydroxylation is 1. The van der Waals surface area contributed by atoms with Crippen molar-refractivity contribution in [3.63, 3.8) is 0 Å². The number of amides is 2. The molecule has 1 fully saturated rings. The highest BCUT2D eigenvalue weighted by Crippen LogP contribution is 2.27. The second-order valence-electron chi connectivity index (χ2n) is 6.09. The van der Waals surface area contributed by atoms with Crippen LogP contribution in [0.5, 0.6) is 0 Å². The van der Waals surface area contributed by atoms with Crippen molar-refractivity contribution in [3.05, 3.63) is 28.7 Å². The first-order chi connectivity index (χ1) is 11.2. The van der Waals surface area contributed by atoms with E-state index in [1.54, 1.807) is 30.1 Å². The Labute approximate surface area is 139 Å². The van der Waals surface area contributed by atoms with Gasteiger partial charge in [0.15, 0.2) is 5.58 Å². The van der Waals surface area contributed by atoms with Gasteiger partial charge in [-0.25, -0.2) is 18.0 Å². The number of urea groups is 1. The van der Waals surface area contributed by atoms with Gasteiger partial charge in [0.25, 0.3) is 0 Å². The van der Waals surface area contributed by atoms with Crippen LogP contribution in [0.3, 0.4) is 0 Å². The third-order valence-electron chi connectivity index (χ3n) is 4.00. The SMILES string of the molecule is Cn1c(=O)oc2cc(NC(=O)N(CCS(C)(=O)=O)C3CC3)ccc21. The number of sulfone groups is 1. The second kappa shape index (κ2) is 5.97. The number of fused-ring (bicyclic) bond motifs is 1. The molecule has 9 heteroatoms.